The molecule has 0 atom stereocenters. The fourth-order valence-electron chi connectivity index (χ4n) is 1.25. The largest absolute Gasteiger partial charge is 1.00 e. The minimum atomic E-state index is -1.28. The zero-order valence-electron chi connectivity index (χ0n) is 8.25. The Bertz CT molecular complexity index is 453. The van der Waals surface area contributed by atoms with E-state index in [9.17, 15) is 9.90 Å². The van der Waals surface area contributed by atoms with Gasteiger partial charge in [-0.05, 0) is 12.1 Å². The summed E-state index contributed by atoms with van der Waals surface area (Å²) in [6.45, 7) is 0. The van der Waals surface area contributed by atoms with Gasteiger partial charge in [-0.3, -0.25) is 4.57 Å². The number of carbonyl (C=O) groups is 1. The summed E-state index contributed by atoms with van der Waals surface area (Å²) in [6, 6.07) is 9.12. The number of imidazole rings is 1. The Kier molecular flexibility index (Phi) is 3.72. The van der Waals surface area contributed by atoms with Crippen molar-refractivity contribution in [2.24, 2.45) is 0 Å². The van der Waals surface area contributed by atoms with Crippen molar-refractivity contribution in [2.45, 2.75) is 0 Å². The second-order valence-electron chi connectivity index (χ2n) is 2.74. The molecule has 1 heterocycles. The van der Waals surface area contributed by atoms with Gasteiger partial charge >= 0.3 is 18.9 Å². The van der Waals surface area contributed by atoms with E-state index in [4.69, 9.17) is 0 Å². The Balaban J connectivity index is 0.00000112. The van der Waals surface area contributed by atoms with Crippen molar-refractivity contribution in [3.8, 4) is 5.69 Å². The van der Waals surface area contributed by atoms with Crippen molar-refractivity contribution in [1.82, 2.24) is 9.55 Å². The molecule has 2 aromatic rings. The Morgan fingerprint density at radius 2 is 1.93 bits per heavy atom. The molecule has 0 saturated heterocycles. The Labute approximate surface area is 98.7 Å². The quantitative estimate of drug-likeness (QED) is 0.486. The zero-order chi connectivity index (χ0) is 9.97. The third-order valence-corrected chi connectivity index (χ3v) is 1.86. The number of hydrogen-bond acceptors (Lipinski definition) is 3. The van der Waals surface area contributed by atoms with Crippen molar-refractivity contribution < 1.29 is 28.8 Å². The zero-order valence-corrected chi connectivity index (χ0v) is 8.25. The van der Waals surface area contributed by atoms with Gasteiger partial charge in [-0.1, -0.05) is 18.2 Å². The summed E-state index contributed by atoms with van der Waals surface area (Å²) in [6.07, 6.45) is 3.01. The number of nitrogens with zero attached hydrogens (tertiary/aromatic N) is 2. The van der Waals surface area contributed by atoms with E-state index >= 15 is 0 Å². The van der Waals surface area contributed by atoms with E-state index in [1.807, 2.05) is 18.2 Å². The molecule has 0 bridgehead atoms. The first-order valence-corrected chi connectivity index (χ1v) is 4.09. The monoisotopic (exact) mass is 194 g/mol. The molecule has 4 nitrogen and oxygen atoms in total. The smallest absolute Gasteiger partial charge is 0.542 e. The van der Waals surface area contributed by atoms with Crippen LogP contribution in [0.1, 0.15) is 10.6 Å². The van der Waals surface area contributed by atoms with Crippen molar-refractivity contribution in [1.29, 1.82) is 0 Å². The number of rotatable bonds is 2. The van der Waals surface area contributed by atoms with Gasteiger partial charge in [0.2, 0.25) is 0 Å². The number of aromatic carboxylic acids is 1. The van der Waals surface area contributed by atoms with Gasteiger partial charge < -0.3 is 9.90 Å². The van der Waals surface area contributed by atoms with Gasteiger partial charge in [-0.2, -0.15) is 0 Å². The molecule has 0 aliphatic carbocycles. The number of para-hydroxylation sites is 1. The predicted molar refractivity (Wildman–Crippen MR) is 47.9 cm³/mol. The maximum atomic E-state index is 10.7. The summed E-state index contributed by atoms with van der Waals surface area (Å²) in [4.78, 5) is 14.4. The molecule has 0 saturated carbocycles. The standard InChI is InChI=1S/C10H8N2O2.Li/c13-10(14)9-11-6-7-12(9)8-4-2-1-3-5-8;/h1-7H,(H,13,14);/q;+1/p-1. The Hall–Kier alpha value is -1.50. The summed E-state index contributed by atoms with van der Waals surface area (Å²) < 4.78 is 1.47. The molecule has 15 heavy (non-hydrogen) atoms. The molecule has 2 rings (SSSR count). The second kappa shape index (κ2) is 4.83. The molecule has 0 radical (unpaired) electrons. The van der Waals surface area contributed by atoms with E-state index in [-0.39, 0.29) is 24.7 Å². The van der Waals surface area contributed by atoms with Crippen LogP contribution in [-0.4, -0.2) is 15.5 Å². The third kappa shape index (κ3) is 2.29. The van der Waals surface area contributed by atoms with Gasteiger partial charge in [-0.15, -0.1) is 0 Å². The molecule has 0 N–H and O–H groups in total. The molecular formula is C10H7LiN2O2. The molecule has 5 heteroatoms. The van der Waals surface area contributed by atoms with Crippen LogP contribution < -0.4 is 24.0 Å². The first-order chi connectivity index (χ1) is 6.79. The molecule has 1 aromatic carbocycles. The van der Waals surface area contributed by atoms with E-state index in [0.29, 0.717) is 0 Å². The van der Waals surface area contributed by atoms with Crippen LogP contribution in [-0.2, 0) is 0 Å². The Morgan fingerprint density at radius 1 is 1.27 bits per heavy atom. The Morgan fingerprint density at radius 3 is 2.53 bits per heavy atom. The molecule has 0 unspecified atom stereocenters. The average Bonchev–Trinajstić information content (AvgIpc) is 2.67. The number of benzene rings is 1. The van der Waals surface area contributed by atoms with Gasteiger partial charge in [0, 0.05) is 18.1 Å². The molecule has 0 aliphatic heterocycles. The van der Waals surface area contributed by atoms with E-state index in [0.717, 1.165) is 5.69 Å². The van der Waals surface area contributed by atoms with Crippen LogP contribution in [0, 0.1) is 0 Å². The maximum Gasteiger partial charge on any atom is 1.00 e. The van der Waals surface area contributed by atoms with Crippen molar-refractivity contribution in [3.63, 3.8) is 0 Å². The fourth-order valence-corrected chi connectivity index (χ4v) is 1.25. The van der Waals surface area contributed by atoms with Gasteiger partial charge in [0.1, 0.15) is 5.97 Å². The van der Waals surface area contributed by atoms with Crippen LogP contribution >= 0.6 is 0 Å². The summed E-state index contributed by atoms with van der Waals surface area (Å²) in [5.41, 5.74) is 0.754. The van der Waals surface area contributed by atoms with Crippen LogP contribution in [0.4, 0.5) is 0 Å². The van der Waals surface area contributed by atoms with Crippen LogP contribution in [0.15, 0.2) is 42.7 Å². The summed E-state index contributed by atoms with van der Waals surface area (Å²) in [5, 5.41) is 10.7. The normalized spacial score (nSPS) is 9.33. The third-order valence-electron chi connectivity index (χ3n) is 1.86. The number of carbonyl (C=O) groups excluding carboxylic acids is 1. The molecule has 0 aliphatic rings. The number of carboxylic acid groups (broad SMARTS) is 1. The second-order valence-corrected chi connectivity index (χ2v) is 2.74. The first-order valence-electron chi connectivity index (χ1n) is 4.09. The van der Waals surface area contributed by atoms with Crippen molar-refractivity contribution >= 4 is 5.97 Å². The van der Waals surface area contributed by atoms with Crippen molar-refractivity contribution in [2.75, 3.05) is 0 Å². The molecule has 70 valence electrons. The van der Waals surface area contributed by atoms with Gasteiger partial charge in [-0.25, -0.2) is 4.98 Å². The van der Waals surface area contributed by atoms with Gasteiger partial charge in [0.25, 0.3) is 0 Å². The first kappa shape index (κ1) is 11.6. The minimum Gasteiger partial charge on any atom is -0.542 e. The fraction of sp³-hybridized carbons (Fsp3) is 0. The average molecular weight is 194 g/mol. The van der Waals surface area contributed by atoms with Crippen LogP contribution in [0.5, 0.6) is 0 Å². The summed E-state index contributed by atoms with van der Waals surface area (Å²) in [5.74, 6) is -1.37. The SMILES string of the molecule is O=C([O-])c1nccn1-c1ccccc1.[Li+]. The topological polar surface area (TPSA) is 57.9 Å². The molecule has 0 spiro atoms. The number of hydrogen-bond donors (Lipinski definition) is 0. The van der Waals surface area contributed by atoms with Crippen molar-refractivity contribution in [3.05, 3.63) is 48.5 Å². The predicted octanol–water partition coefficient (Wildman–Crippen LogP) is -2.76. The van der Waals surface area contributed by atoms with Gasteiger partial charge in [0.05, 0.1) is 0 Å². The van der Waals surface area contributed by atoms with E-state index in [1.54, 1.807) is 18.3 Å². The summed E-state index contributed by atoms with van der Waals surface area (Å²) in [7, 11) is 0. The van der Waals surface area contributed by atoms with E-state index in [1.165, 1.54) is 10.8 Å². The van der Waals surface area contributed by atoms with E-state index < -0.39 is 5.97 Å². The van der Waals surface area contributed by atoms with Crippen LogP contribution in [0.25, 0.3) is 5.69 Å². The minimum absolute atomic E-state index is 0. The number of aromatic nitrogens is 2. The summed E-state index contributed by atoms with van der Waals surface area (Å²) >= 11 is 0. The maximum absolute atomic E-state index is 10.7. The molecule has 0 amide bonds. The van der Waals surface area contributed by atoms with Crippen LogP contribution in [0.2, 0.25) is 0 Å². The molecule has 0 fully saturated rings. The van der Waals surface area contributed by atoms with E-state index in [2.05, 4.69) is 4.98 Å². The molecular weight excluding hydrogens is 187 g/mol. The number of carboxylic acids is 1. The van der Waals surface area contributed by atoms with Crippen LogP contribution in [0.3, 0.4) is 0 Å². The molecule has 1 aromatic heterocycles. The van der Waals surface area contributed by atoms with Gasteiger partial charge in [0.15, 0.2) is 5.82 Å².